The molecule has 5 nitrogen and oxygen atoms in total. The van der Waals surface area contributed by atoms with Gasteiger partial charge in [0.2, 0.25) is 0 Å². The first-order chi connectivity index (χ1) is 8.33. The molecule has 0 unspecified atom stereocenters. The third-order valence-electron chi connectivity index (χ3n) is 2.82. The number of likely N-dealkylation sites (tertiary alicyclic amines) is 1. The maximum atomic E-state index is 11.9. The Morgan fingerprint density at radius 2 is 2.00 bits per heavy atom. The Balaban J connectivity index is 2.53. The number of carbonyl (C=O) groups excluding carboxylic acids is 2. The van der Waals surface area contributed by atoms with E-state index in [1.54, 1.807) is 4.90 Å². The summed E-state index contributed by atoms with van der Waals surface area (Å²) in [7, 11) is 1.51. The number of Topliss-reactive ketones (excluding diaryl/α,β-unsaturated/α-hetero) is 1. The summed E-state index contributed by atoms with van der Waals surface area (Å²) < 4.78 is 10.2. The van der Waals surface area contributed by atoms with Crippen LogP contribution in [0.15, 0.2) is 0 Å². The average molecular weight is 257 g/mol. The molecule has 1 atom stereocenters. The van der Waals surface area contributed by atoms with Crippen molar-refractivity contribution in [3.63, 3.8) is 0 Å². The van der Waals surface area contributed by atoms with Crippen LogP contribution in [0.25, 0.3) is 0 Å². The standard InChI is InChI=1S/C13H23NO4/c1-13(2,3)18-12(16)14-7-5-6-10(8-14)11(15)9-17-4/h10H,5-9H2,1-4H3/t10-/m0/s1. The van der Waals surface area contributed by atoms with Crippen molar-refractivity contribution in [1.29, 1.82) is 0 Å². The maximum Gasteiger partial charge on any atom is 0.410 e. The lowest BCUT2D eigenvalue weighted by Gasteiger charge is -2.33. The fraction of sp³-hybridized carbons (Fsp3) is 0.846. The highest BCUT2D eigenvalue weighted by Gasteiger charge is 2.30. The molecule has 0 aliphatic carbocycles. The summed E-state index contributed by atoms with van der Waals surface area (Å²) in [6, 6.07) is 0. The van der Waals surface area contributed by atoms with Gasteiger partial charge in [0.05, 0.1) is 0 Å². The monoisotopic (exact) mass is 257 g/mol. The highest BCUT2D eigenvalue weighted by Crippen LogP contribution is 2.20. The van der Waals surface area contributed by atoms with E-state index >= 15 is 0 Å². The molecule has 1 heterocycles. The van der Waals surface area contributed by atoms with Crippen LogP contribution in [0.3, 0.4) is 0 Å². The maximum absolute atomic E-state index is 11.9. The second kappa shape index (κ2) is 6.18. The molecule has 1 saturated heterocycles. The van der Waals surface area contributed by atoms with Crippen molar-refractivity contribution in [2.45, 2.75) is 39.2 Å². The second-order valence-electron chi connectivity index (χ2n) is 5.66. The number of amides is 1. The second-order valence-corrected chi connectivity index (χ2v) is 5.66. The number of piperidine rings is 1. The van der Waals surface area contributed by atoms with E-state index in [-0.39, 0.29) is 24.4 Å². The van der Waals surface area contributed by atoms with Crippen molar-refractivity contribution >= 4 is 11.9 Å². The SMILES string of the molecule is COCC(=O)[C@H]1CCCN(C(=O)OC(C)(C)C)C1. The van der Waals surface area contributed by atoms with E-state index in [2.05, 4.69) is 0 Å². The minimum atomic E-state index is -0.499. The number of hydrogen-bond donors (Lipinski definition) is 0. The average Bonchev–Trinajstić information content (AvgIpc) is 2.27. The Morgan fingerprint density at radius 3 is 2.56 bits per heavy atom. The summed E-state index contributed by atoms with van der Waals surface area (Å²) in [6.07, 6.45) is 1.32. The molecule has 104 valence electrons. The van der Waals surface area contributed by atoms with Crippen LogP contribution in [0.1, 0.15) is 33.6 Å². The van der Waals surface area contributed by atoms with Crippen molar-refractivity contribution in [2.75, 3.05) is 26.8 Å². The van der Waals surface area contributed by atoms with Gasteiger partial charge in [-0.2, -0.15) is 0 Å². The molecule has 0 radical (unpaired) electrons. The lowest BCUT2D eigenvalue weighted by atomic mass is 9.94. The van der Waals surface area contributed by atoms with Gasteiger partial charge in [0.1, 0.15) is 12.2 Å². The van der Waals surface area contributed by atoms with Gasteiger partial charge in [-0.3, -0.25) is 4.79 Å². The molecule has 0 aromatic heterocycles. The van der Waals surface area contributed by atoms with Gasteiger partial charge in [0.15, 0.2) is 5.78 Å². The van der Waals surface area contributed by atoms with E-state index in [9.17, 15) is 9.59 Å². The summed E-state index contributed by atoms with van der Waals surface area (Å²) in [5.74, 6) is -0.0584. The van der Waals surface area contributed by atoms with Crippen molar-refractivity contribution in [1.82, 2.24) is 4.90 Å². The first-order valence-electron chi connectivity index (χ1n) is 6.33. The van der Waals surface area contributed by atoms with E-state index in [0.29, 0.717) is 13.1 Å². The molecule has 1 amide bonds. The molecule has 1 aliphatic rings. The van der Waals surface area contributed by atoms with Gasteiger partial charge in [-0.25, -0.2) is 4.79 Å². The fourth-order valence-corrected chi connectivity index (χ4v) is 1.99. The van der Waals surface area contributed by atoms with Crippen LogP contribution < -0.4 is 0 Å². The van der Waals surface area contributed by atoms with Crippen LogP contribution in [0.5, 0.6) is 0 Å². The summed E-state index contributed by atoms with van der Waals surface area (Å²) in [5, 5.41) is 0. The Bertz CT molecular complexity index is 309. The van der Waals surface area contributed by atoms with E-state index < -0.39 is 5.60 Å². The molecule has 18 heavy (non-hydrogen) atoms. The molecule has 1 aliphatic heterocycles. The van der Waals surface area contributed by atoms with Crippen LogP contribution in [-0.2, 0) is 14.3 Å². The molecule has 1 fully saturated rings. The predicted octanol–water partition coefficient (Wildman–Crippen LogP) is 1.85. The van der Waals surface area contributed by atoms with Crippen LogP contribution in [0.2, 0.25) is 0 Å². The zero-order chi connectivity index (χ0) is 13.8. The quantitative estimate of drug-likeness (QED) is 0.774. The molecule has 0 aromatic carbocycles. The van der Waals surface area contributed by atoms with Crippen LogP contribution in [0.4, 0.5) is 4.79 Å². The zero-order valence-electron chi connectivity index (χ0n) is 11.7. The lowest BCUT2D eigenvalue weighted by molar-refractivity contribution is -0.128. The molecule has 0 spiro atoms. The summed E-state index contributed by atoms with van der Waals surface area (Å²) in [6.45, 7) is 6.73. The van der Waals surface area contributed by atoms with E-state index in [4.69, 9.17) is 9.47 Å². The fourth-order valence-electron chi connectivity index (χ4n) is 1.99. The van der Waals surface area contributed by atoms with Gasteiger partial charge in [0.25, 0.3) is 0 Å². The Kier molecular flexibility index (Phi) is 5.14. The van der Waals surface area contributed by atoms with Gasteiger partial charge in [-0.1, -0.05) is 0 Å². The minimum absolute atomic E-state index is 0.0609. The molecule has 5 heteroatoms. The van der Waals surface area contributed by atoms with Crippen LogP contribution >= 0.6 is 0 Å². The number of ether oxygens (including phenoxy) is 2. The normalized spacial score (nSPS) is 20.7. The third-order valence-corrected chi connectivity index (χ3v) is 2.82. The molecule has 0 bridgehead atoms. The molecule has 1 rings (SSSR count). The number of methoxy groups -OCH3 is 1. The number of ketones is 1. The first-order valence-corrected chi connectivity index (χ1v) is 6.33. The van der Waals surface area contributed by atoms with E-state index in [1.807, 2.05) is 20.8 Å². The van der Waals surface area contributed by atoms with Crippen LogP contribution in [-0.4, -0.2) is 49.2 Å². The van der Waals surface area contributed by atoms with Gasteiger partial charge in [-0.05, 0) is 33.6 Å². The number of rotatable bonds is 3. The van der Waals surface area contributed by atoms with E-state index in [0.717, 1.165) is 12.8 Å². The molecular weight excluding hydrogens is 234 g/mol. The van der Waals surface area contributed by atoms with E-state index in [1.165, 1.54) is 7.11 Å². The molecule has 0 saturated carbocycles. The third kappa shape index (κ3) is 4.64. The van der Waals surface area contributed by atoms with Gasteiger partial charge < -0.3 is 14.4 Å². The first kappa shape index (κ1) is 15.0. The summed E-state index contributed by atoms with van der Waals surface area (Å²) in [5.41, 5.74) is -0.499. The number of carbonyl (C=O) groups is 2. The van der Waals surface area contributed by atoms with Crippen molar-refractivity contribution in [2.24, 2.45) is 5.92 Å². The summed E-state index contributed by atoms with van der Waals surface area (Å²) in [4.78, 5) is 25.3. The molecule has 0 N–H and O–H groups in total. The smallest absolute Gasteiger partial charge is 0.410 e. The Hall–Kier alpha value is -1.10. The molecular formula is C13H23NO4. The highest BCUT2D eigenvalue weighted by atomic mass is 16.6. The van der Waals surface area contributed by atoms with Gasteiger partial charge in [0, 0.05) is 26.1 Å². The highest BCUT2D eigenvalue weighted by molar-refractivity contribution is 5.83. The van der Waals surface area contributed by atoms with Crippen molar-refractivity contribution in [3.8, 4) is 0 Å². The van der Waals surface area contributed by atoms with Gasteiger partial charge >= 0.3 is 6.09 Å². The zero-order valence-corrected chi connectivity index (χ0v) is 11.7. The lowest BCUT2D eigenvalue weighted by Crippen LogP contribution is -2.45. The van der Waals surface area contributed by atoms with Gasteiger partial charge in [-0.15, -0.1) is 0 Å². The van der Waals surface area contributed by atoms with Crippen molar-refractivity contribution in [3.05, 3.63) is 0 Å². The number of nitrogens with zero attached hydrogens (tertiary/aromatic N) is 1. The van der Waals surface area contributed by atoms with Crippen LogP contribution in [0, 0.1) is 5.92 Å². The minimum Gasteiger partial charge on any atom is -0.444 e. The summed E-state index contributed by atoms with van der Waals surface area (Å²) >= 11 is 0. The largest absolute Gasteiger partial charge is 0.444 e. The Morgan fingerprint density at radius 1 is 1.33 bits per heavy atom. The van der Waals surface area contributed by atoms with Crippen molar-refractivity contribution < 1.29 is 19.1 Å². The predicted molar refractivity (Wildman–Crippen MR) is 67.4 cm³/mol. The topological polar surface area (TPSA) is 55.8 Å². The molecule has 0 aromatic rings. The number of hydrogen-bond acceptors (Lipinski definition) is 4. The Labute approximate surface area is 108 Å².